The van der Waals surface area contributed by atoms with E-state index in [2.05, 4.69) is 5.10 Å². The van der Waals surface area contributed by atoms with Crippen LogP contribution in [0.15, 0.2) is 53.1 Å². The van der Waals surface area contributed by atoms with Crippen LogP contribution in [0.25, 0.3) is 17.1 Å². The van der Waals surface area contributed by atoms with Gasteiger partial charge < -0.3 is 4.42 Å². The second kappa shape index (κ2) is 4.96. The Bertz CT molecular complexity index is 746. The average molecular weight is 313 g/mol. The molecule has 2 heterocycles. The van der Waals surface area contributed by atoms with Crippen LogP contribution in [-0.2, 0) is 6.18 Å². The molecule has 0 N–H and O–H groups in total. The van der Waals surface area contributed by atoms with Crippen molar-refractivity contribution < 1.29 is 17.6 Å². The highest BCUT2D eigenvalue weighted by Crippen LogP contribution is 2.33. The van der Waals surface area contributed by atoms with Crippen molar-refractivity contribution in [2.24, 2.45) is 0 Å². The van der Waals surface area contributed by atoms with E-state index >= 15 is 0 Å². The highest BCUT2D eigenvalue weighted by atomic mass is 35.5. The smallest absolute Gasteiger partial charge is 0.435 e. The number of alkyl halides is 3. The Labute approximate surface area is 122 Å². The minimum absolute atomic E-state index is 0.217. The van der Waals surface area contributed by atoms with Crippen molar-refractivity contribution in [1.82, 2.24) is 9.78 Å². The maximum Gasteiger partial charge on any atom is 0.435 e. The summed E-state index contributed by atoms with van der Waals surface area (Å²) >= 11 is 5.79. The molecule has 108 valence electrons. The van der Waals surface area contributed by atoms with Crippen molar-refractivity contribution in [2.75, 3.05) is 0 Å². The van der Waals surface area contributed by atoms with Gasteiger partial charge in [-0.1, -0.05) is 11.6 Å². The zero-order valence-corrected chi connectivity index (χ0v) is 11.2. The van der Waals surface area contributed by atoms with Gasteiger partial charge in [-0.05, 0) is 36.4 Å². The summed E-state index contributed by atoms with van der Waals surface area (Å²) in [7, 11) is 0. The van der Waals surface area contributed by atoms with Gasteiger partial charge in [-0.25, -0.2) is 4.68 Å². The molecule has 0 saturated carbocycles. The molecule has 0 aliphatic carbocycles. The molecular formula is C14H8ClF3N2O. The average Bonchev–Trinajstić information content (AvgIpc) is 3.07. The van der Waals surface area contributed by atoms with Crippen LogP contribution in [0.4, 0.5) is 13.2 Å². The van der Waals surface area contributed by atoms with Crippen LogP contribution in [0.5, 0.6) is 0 Å². The van der Waals surface area contributed by atoms with Crippen LogP contribution in [0, 0.1) is 0 Å². The van der Waals surface area contributed by atoms with Crippen molar-refractivity contribution in [1.29, 1.82) is 0 Å². The summed E-state index contributed by atoms with van der Waals surface area (Å²) in [5.41, 5.74) is -0.306. The Morgan fingerprint density at radius 1 is 1.10 bits per heavy atom. The van der Waals surface area contributed by atoms with Gasteiger partial charge in [0.15, 0.2) is 11.5 Å². The lowest BCUT2D eigenvalue weighted by Crippen LogP contribution is -2.07. The molecule has 0 unspecified atom stereocenters. The molecule has 3 nitrogen and oxygen atoms in total. The predicted molar refractivity (Wildman–Crippen MR) is 71.3 cm³/mol. The van der Waals surface area contributed by atoms with Crippen LogP contribution >= 0.6 is 11.6 Å². The van der Waals surface area contributed by atoms with E-state index in [-0.39, 0.29) is 5.69 Å². The van der Waals surface area contributed by atoms with Gasteiger partial charge in [0.05, 0.1) is 12.0 Å². The molecule has 3 aromatic rings. The first-order chi connectivity index (χ1) is 9.95. The van der Waals surface area contributed by atoms with Gasteiger partial charge in [0, 0.05) is 11.1 Å². The molecule has 3 rings (SSSR count). The minimum atomic E-state index is -4.53. The predicted octanol–water partition coefficient (Wildman–Crippen LogP) is 4.80. The molecule has 0 amide bonds. The third-order valence-corrected chi connectivity index (χ3v) is 3.10. The molecule has 0 bridgehead atoms. The van der Waals surface area contributed by atoms with E-state index in [9.17, 15) is 13.2 Å². The standard InChI is InChI=1S/C14H8ClF3N2O/c15-9-3-5-10(6-4-9)20-11(12-2-1-7-21-12)8-13(19-20)14(16,17)18/h1-8H. The SMILES string of the molecule is FC(F)(F)c1cc(-c2ccco2)n(-c2ccc(Cl)cc2)n1. The summed E-state index contributed by atoms with van der Waals surface area (Å²) in [5.74, 6) is 0.299. The molecule has 7 heteroatoms. The summed E-state index contributed by atoms with van der Waals surface area (Å²) in [6.45, 7) is 0. The summed E-state index contributed by atoms with van der Waals surface area (Å²) in [4.78, 5) is 0. The summed E-state index contributed by atoms with van der Waals surface area (Å²) in [6, 6.07) is 10.5. The molecule has 0 aliphatic heterocycles. The van der Waals surface area contributed by atoms with Crippen LogP contribution < -0.4 is 0 Å². The molecule has 0 spiro atoms. The zero-order chi connectivity index (χ0) is 15.0. The quantitative estimate of drug-likeness (QED) is 0.680. The number of hydrogen-bond acceptors (Lipinski definition) is 2. The van der Waals surface area contributed by atoms with E-state index in [1.807, 2.05) is 0 Å². The Morgan fingerprint density at radius 3 is 2.38 bits per heavy atom. The van der Waals surface area contributed by atoms with E-state index in [0.717, 1.165) is 6.07 Å². The van der Waals surface area contributed by atoms with Gasteiger partial charge >= 0.3 is 6.18 Å². The maximum atomic E-state index is 12.9. The molecule has 0 radical (unpaired) electrons. The molecule has 0 saturated heterocycles. The minimum Gasteiger partial charge on any atom is -0.463 e. The largest absolute Gasteiger partial charge is 0.463 e. The van der Waals surface area contributed by atoms with Crippen molar-refractivity contribution in [3.63, 3.8) is 0 Å². The lowest BCUT2D eigenvalue weighted by Gasteiger charge is -2.05. The summed E-state index contributed by atoms with van der Waals surface area (Å²) in [6.07, 6.45) is -3.14. The number of aromatic nitrogens is 2. The van der Waals surface area contributed by atoms with Crippen LogP contribution in [0.1, 0.15) is 5.69 Å². The first-order valence-corrected chi connectivity index (χ1v) is 6.30. The third-order valence-electron chi connectivity index (χ3n) is 2.84. The van der Waals surface area contributed by atoms with Crippen molar-refractivity contribution >= 4 is 11.6 Å². The van der Waals surface area contributed by atoms with Crippen molar-refractivity contribution in [3.8, 4) is 17.1 Å². The maximum absolute atomic E-state index is 12.9. The zero-order valence-electron chi connectivity index (χ0n) is 10.4. The van der Waals surface area contributed by atoms with E-state index in [4.69, 9.17) is 16.0 Å². The van der Waals surface area contributed by atoms with Crippen LogP contribution in [-0.4, -0.2) is 9.78 Å². The summed E-state index contributed by atoms with van der Waals surface area (Å²) in [5, 5.41) is 4.11. The van der Waals surface area contributed by atoms with Gasteiger partial charge in [0.25, 0.3) is 0 Å². The van der Waals surface area contributed by atoms with E-state index < -0.39 is 11.9 Å². The number of benzene rings is 1. The van der Waals surface area contributed by atoms with Gasteiger partial charge in [-0.15, -0.1) is 0 Å². The lowest BCUT2D eigenvalue weighted by molar-refractivity contribution is -0.141. The third kappa shape index (κ3) is 2.67. The Hall–Kier alpha value is -2.21. The van der Waals surface area contributed by atoms with Crippen molar-refractivity contribution in [2.45, 2.75) is 6.18 Å². The number of rotatable bonds is 2. The number of nitrogens with zero attached hydrogens (tertiary/aromatic N) is 2. The number of hydrogen-bond donors (Lipinski definition) is 0. The van der Waals surface area contributed by atoms with Gasteiger partial charge in [0.1, 0.15) is 5.69 Å². The first kappa shape index (κ1) is 13.8. The highest BCUT2D eigenvalue weighted by Gasteiger charge is 2.35. The molecule has 1 aromatic carbocycles. The molecular weight excluding hydrogens is 305 g/mol. The molecule has 2 aromatic heterocycles. The second-order valence-electron chi connectivity index (χ2n) is 4.28. The fraction of sp³-hybridized carbons (Fsp3) is 0.0714. The lowest BCUT2D eigenvalue weighted by atomic mass is 10.2. The van der Waals surface area contributed by atoms with Crippen molar-refractivity contribution in [3.05, 3.63) is 59.4 Å². The number of halogens is 4. The second-order valence-corrected chi connectivity index (χ2v) is 4.71. The van der Waals surface area contributed by atoms with E-state index in [0.29, 0.717) is 16.5 Å². The molecule has 0 fully saturated rings. The van der Waals surface area contributed by atoms with E-state index in [1.165, 1.54) is 10.9 Å². The fourth-order valence-corrected chi connectivity index (χ4v) is 2.02. The normalized spacial score (nSPS) is 11.8. The first-order valence-electron chi connectivity index (χ1n) is 5.92. The topological polar surface area (TPSA) is 31.0 Å². The number of furan rings is 1. The Kier molecular flexibility index (Phi) is 3.25. The Balaban J connectivity index is 2.18. The summed E-state index contributed by atoms with van der Waals surface area (Å²) < 4.78 is 45.0. The Morgan fingerprint density at radius 2 is 1.81 bits per heavy atom. The monoisotopic (exact) mass is 312 g/mol. The van der Waals surface area contributed by atoms with Gasteiger partial charge in [-0.3, -0.25) is 0 Å². The molecule has 21 heavy (non-hydrogen) atoms. The van der Waals surface area contributed by atoms with E-state index in [1.54, 1.807) is 36.4 Å². The van der Waals surface area contributed by atoms with Crippen LogP contribution in [0.3, 0.4) is 0 Å². The van der Waals surface area contributed by atoms with Gasteiger partial charge in [-0.2, -0.15) is 18.3 Å². The molecule has 0 atom stereocenters. The van der Waals surface area contributed by atoms with Gasteiger partial charge in [0.2, 0.25) is 0 Å². The van der Waals surface area contributed by atoms with Crippen LogP contribution in [0.2, 0.25) is 5.02 Å². The highest BCUT2D eigenvalue weighted by molar-refractivity contribution is 6.30. The fourth-order valence-electron chi connectivity index (χ4n) is 1.90. The molecule has 0 aliphatic rings.